The third-order valence-electron chi connectivity index (χ3n) is 4.30. The molecule has 0 spiro atoms. The van der Waals surface area contributed by atoms with Crippen molar-refractivity contribution in [2.45, 2.75) is 26.3 Å². The number of benzene rings is 1. The Morgan fingerprint density at radius 1 is 1.19 bits per heavy atom. The summed E-state index contributed by atoms with van der Waals surface area (Å²) in [6.45, 7) is 8.20. The standard InChI is InChI=1S/C18H25N3/c1-15(14-21-8-2-3-9-21)11-20-12-16-4-5-18-13-19-7-6-17(18)10-16/h4-7,10,13,15,20H,2-3,8-9,11-12,14H2,1H3. The smallest absolute Gasteiger partial charge is 0.0346 e. The van der Waals surface area contributed by atoms with Gasteiger partial charge in [-0.05, 0) is 61.5 Å². The van der Waals surface area contributed by atoms with Gasteiger partial charge < -0.3 is 10.2 Å². The fraction of sp³-hybridized carbons (Fsp3) is 0.500. The van der Waals surface area contributed by atoms with E-state index in [-0.39, 0.29) is 0 Å². The molecule has 0 saturated carbocycles. The molecular formula is C18H25N3. The van der Waals surface area contributed by atoms with E-state index in [1.54, 1.807) is 0 Å². The van der Waals surface area contributed by atoms with E-state index < -0.39 is 0 Å². The van der Waals surface area contributed by atoms with Crippen LogP contribution in [0.15, 0.2) is 36.7 Å². The lowest BCUT2D eigenvalue weighted by Crippen LogP contribution is -2.31. The number of fused-ring (bicyclic) bond motifs is 1. The van der Waals surface area contributed by atoms with Gasteiger partial charge in [0.15, 0.2) is 0 Å². The summed E-state index contributed by atoms with van der Waals surface area (Å²) < 4.78 is 0. The molecule has 2 aromatic rings. The van der Waals surface area contributed by atoms with Crippen molar-refractivity contribution in [1.82, 2.24) is 15.2 Å². The molecule has 3 rings (SSSR count). The Labute approximate surface area is 127 Å². The summed E-state index contributed by atoms with van der Waals surface area (Å²) in [5.41, 5.74) is 1.35. The van der Waals surface area contributed by atoms with Gasteiger partial charge in [0.1, 0.15) is 0 Å². The Bertz CT molecular complexity index is 575. The maximum absolute atomic E-state index is 4.16. The molecule has 1 atom stereocenters. The number of aromatic nitrogens is 1. The summed E-state index contributed by atoms with van der Waals surface area (Å²) in [5, 5.41) is 6.08. The number of hydrogen-bond acceptors (Lipinski definition) is 3. The van der Waals surface area contributed by atoms with Crippen LogP contribution in [-0.4, -0.2) is 36.1 Å². The first-order valence-electron chi connectivity index (χ1n) is 8.07. The minimum absolute atomic E-state index is 0.716. The number of likely N-dealkylation sites (tertiary alicyclic amines) is 1. The molecule has 0 amide bonds. The van der Waals surface area contributed by atoms with E-state index in [4.69, 9.17) is 0 Å². The summed E-state index contributed by atoms with van der Waals surface area (Å²) in [4.78, 5) is 6.75. The maximum Gasteiger partial charge on any atom is 0.0346 e. The second kappa shape index (κ2) is 7.01. The molecule has 0 bridgehead atoms. The monoisotopic (exact) mass is 283 g/mol. The summed E-state index contributed by atoms with van der Waals surface area (Å²) in [5.74, 6) is 0.716. The van der Waals surface area contributed by atoms with Crippen molar-refractivity contribution in [2.75, 3.05) is 26.2 Å². The number of hydrogen-bond donors (Lipinski definition) is 1. The highest BCUT2D eigenvalue weighted by Crippen LogP contribution is 2.14. The predicted molar refractivity (Wildman–Crippen MR) is 88.3 cm³/mol. The number of pyridine rings is 1. The predicted octanol–water partition coefficient (Wildman–Crippen LogP) is 3.06. The average molecular weight is 283 g/mol. The molecule has 1 aliphatic heterocycles. The van der Waals surface area contributed by atoms with Gasteiger partial charge in [-0.25, -0.2) is 0 Å². The summed E-state index contributed by atoms with van der Waals surface area (Å²) >= 11 is 0. The minimum atomic E-state index is 0.716. The Morgan fingerprint density at radius 2 is 2.05 bits per heavy atom. The van der Waals surface area contributed by atoms with Gasteiger partial charge >= 0.3 is 0 Å². The van der Waals surface area contributed by atoms with Crippen LogP contribution in [0.25, 0.3) is 10.8 Å². The van der Waals surface area contributed by atoms with Gasteiger partial charge in [-0.3, -0.25) is 4.98 Å². The average Bonchev–Trinajstić information content (AvgIpc) is 3.00. The van der Waals surface area contributed by atoms with Crippen molar-refractivity contribution in [3.63, 3.8) is 0 Å². The Hall–Kier alpha value is -1.45. The first kappa shape index (κ1) is 14.5. The molecular weight excluding hydrogens is 258 g/mol. The van der Waals surface area contributed by atoms with E-state index in [9.17, 15) is 0 Å². The van der Waals surface area contributed by atoms with Gasteiger partial charge in [0.2, 0.25) is 0 Å². The molecule has 0 radical (unpaired) electrons. The van der Waals surface area contributed by atoms with Crippen molar-refractivity contribution in [2.24, 2.45) is 5.92 Å². The maximum atomic E-state index is 4.16. The van der Waals surface area contributed by atoms with Crippen LogP contribution >= 0.6 is 0 Å². The highest BCUT2D eigenvalue weighted by atomic mass is 15.1. The number of nitrogens with one attached hydrogen (secondary N) is 1. The Morgan fingerprint density at radius 3 is 2.90 bits per heavy atom. The highest BCUT2D eigenvalue weighted by molar-refractivity contribution is 5.81. The molecule has 3 nitrogen and oxygen atoms in total. The van der Waals surface area contributed by atoms with E-state index in [0.717, 1.165) is 13.1 Å². The largest absolute Gasteiger partial charge is 0.312 e. The van der Waals surface area contributed by atoms with E-state index in [1.807, 2.05) is 12.4 Å². The zero-order valence-corrected chi connectivity index (χ0v) is 12.9. The van der Waals surface area contributed by atoms with E-state index >= 15 is 0 Å². The first-order valence-corrected chi connectivity index (χ1v) is 8.07. The second-order valence-corrected chi connectivity index (χ2v) is 6.30. The van der Waals surface area contributed by atoms with Gasteiger partial charge in [-0.1, -0.05) is 19.1 Å². The quantitative estimate of drug-likeness (QED) is 0.883. The third-order valence-corrected chi connectivity index (χ3v) is 4.30. The van der Waals surface area contributed by atoms with Crippen molar-refractivity contribution < 1.29 is 0 Å². The zero-order valence-electron chi connectivity index (χ0n) is 12.9. The van der Waals surface area contributed by atoms with E-state index in [2.05, 4.69) is 46.4 Å². The van der Waals surface area contributed by atoms with Gasteiger partial charge in [0.25, 0.3) is 0 Å². The van der Waals surface area contributed by atoms with Crippen LogP contribution in [0.5, 0.6) is 0 Å². The number of rotatable bonds is 6. The summed E-state index contributed by atoms with van der Waals surface area (Å²) in [6, 6.07) is 8.69. The van der Waals surface area contributed by atoms with Crippen LogP contribution in [0.3, 0.4) is 0 Å². The van der Waals surface area contributed by atoms with Gasteiger partial charge in [-0.2, -0.15) is 0 Å². The molecule has 1 unspecified atom stereocenters. The molecule has 1 aliphatic rings. The molecule has 3 heteroatoms. The van der Waals surface area contributed by atoms with Crippen molar-refractivity contribution in [3.05, 3.63) is 42.2 Å². The molecule has 1 aromatic heterocycles. The molecule has 112 valence electrons. The summed E-state index contributed by atoms with van der Waals surface area (Å²) in [7, 11) is 0. The van der Waals surface area contributed by atoms with Gasteiger partial charge in [0, 0.05) is 30.9 Å². The van der Waals surface area contributed by atoms with Gasteiger partial charge in [-0.15, -0.1) is 0 Å². The third kappa shape index (κ3) is 4.02. The van der Waals surface area contributed by atoms with Crippen molar-refractivity contribution in [1.29, 1.82) is 0 Å². The lowest BCUT2D eigenvalue weighted by molar-refractivity contribution is 0.282. The number of nitrogens with zero attached hydrogens (tertiary/aromatic N) is 2. The normalized spacial score (nSPS) is 17.4. The summed E-state index contributed by atoms with van der Waals surface area (Å²) in [6.07, 6.45) is 6.54. The zero-order chi connectivity index (χ0) is 14.5. The van der Waals surface area contributed by atoms with Crippen molar-refractivity contribution in [3.8, 4) is 0 Å². The fourth-order valence-electron chi connectivity index (χ4n) is 3.18. The van der Waals surface area contributed by atoms with Crippen LogP contribution in [0, 0.1) is 5.92 Å². The van der Waals surface area contributed by atoms with Crippen LogP contribution < -0.4 is 5.32 Å². The molecule has 1 saturated heterocycles. The lowest BCUT2D eigenvalue weighted by Gasteiger charge is -2.20. The highest BCUT2D eigenvalue weighted by Gasteiger charge is 2.14. The first-order chi connectivity index (χ1) is 10.3. The molecule has 1 N–H and O–H groups in total. The van der Waals surface area contributed by atoms with Crippen molar-refractivity contribution >= 4 is 10.8 Å². The molecule has 0 aliphatic carbocycles. The van der Waals surface area contributed by atoms with Crippen LogP contribution in [0.1, 0.15) is 25.3 Å². The van der Waals surface area contributed by atoms with Crippen LogP contribution in [0.2, 0.25) is 0 Å². The molecule has 1 fully saturated rings. The Balaban J connectivity index is 1.47. The van der Waals surface area contributed by atoms with E-state index in [1.165, 1.54) is 48.8 Å². The Kier molecular flexibility index (Phi) is 4.84. The second-order valence-electron chi connectivity index (χ2n) is 6.30. The van der Waals surface area contributed by atoms with Crippen LogP contribution in [-0.2, 0) is 6.54 Å². The molecule has 1 aromatic carbocycles. The topological polar surface area (TPSA) is 28.2 Å². The molecule has 21 heavy (non-hydrogen) atoms. The van der Waals surface area contributed by atoms with Gasteiger partial charge in [0.05, 0.1) is 0 Å². The minimum Gasteiger partial charge on any atom is -0.312 e. The fourth-order valence-corrected chi connectivity index (χ4v) is 3.18. The lowest BCUT2D eigenvalue weighted by atomic mass is 10.1. The SMILES string of the molecule is CC(CNCc1ccc2cnccc2c1)CN1CCCC1. The van der Waals surface area contributed by atoms with Crippen LogP contribution in [0.4, 0.5) is 0 Å². The van der Waals surface area contributed by atoms with E-state index in [0.29, 0.717) is 5.92 Å². The molecule has 2 heterocycles.